The van der Waals surface area contributed by atoms with Gasteiger partial charge in [-0.1, -0.05) is 23.2 Å². The Balaban J connectivity index is 2.05. The van der Waals surface area contributed by atoms with Crippen LogP contribution in [0.15, 0.2) is 40.6 Å². The van der Waals surface area contributed by atoms with E-state index in [0.717, 1.165) is 11.7 Å². The number of nitrogens with two attached hydrogens (primary N) is 1. The lowest BCUT2D eigenvalue weighted by Gasteiger charge is -1.99. The van der Waals surface area contributed by atoms with Crippen LogP contribution in [0.2, 0.25) is 10.0 Å². The molecule has 8 heteroatoms. The molecule has 0 unspecified atom stereocenters. The minimum Gasteiger partial charge on any atom is -0.397 e. The third kappa shape index (κ3) is 2.45. The van der Waals surface area contributed by atoms with Gasteiger partial charge in [-0.15, -0.1) is 10.2 Å². The van der Waals surface area contributed by atoms with Crippen LogP contribution in [0.3, 0.4) is 0 Å². The van der Waals surface area contributed by atoms with Crippen LogP contribution in [0.5, 0.6) is 0 Å². The van der Waals surface area contributed by atoms with Crippen molar-refractivity contribution in [1.82, 2.24) is 8.75 Å². The second-order valence-electron chi connectivity index (χ2n) is 3.93. The summed E-state index contributed by atoms with van der Waals surface area (Å²) in [6.45, 7) is 0. The van der Waals surface area contributed by atoms with E-state index in [-0.39, 0.29) is 0 Å². The topological polar surface area (TPSA) is 76.5 Å². The average Bonchev–Trinajstić information content (AvgIpc) is 2.92. The quantitative estimate of drug-likeness (QED) is 0.532. The van der Waals surface area contributed by atoms with E-state index in [4.69, 9.17) is 28.9 Å². The first-order chi connectivity index (χ1) is 9.65. The molecule has 0 saturated heterocycles. The molecule has 0 saturated carbocycles. The summed E-state index contributed by atoms with van der Waals surface area (Å²) in [6, 6.07) is 8.45. The number of hydrogen-bond donors (Lipinski definition) is 1. The second-order valence-corrected chi connectivity index (χ2v) is 5.30. The largest absolute Gasteiger partial charge is 0.397 e. The highest BCUT2D eigenvalue weighted by molar-refractivity contribution is 7.00. The van der Waals surface area contributed by atoms with Gasteiger partial charge in [0.05, 0.1) is 22.4 Å². The number of aromatic nitrogens is 2. The number of hydrogen-bond acceptors (Lipinski definition) is 6. The highest BCUT2D eigenvalue weighted by Crippen LogP contribution is 2.32. The normalized spacial score (nSPS) is 11.5. The van der Waals surface area contributed by atoms with Crippen LogP contribution in [0.4, 0.5) is 17.1 Å². The van der Waals surface area contributed by atoms with Crippen molar-refractivity contribution < 1.29 is 0 Å². The Morgan fingerprint density at radius 1 is 0.950 bits per heavy atom. The van der Waals surface area contributed by atoms with Crippen LogP contribution in [0.25, 0.3) is 11.0 Å². The molecule has 2 aromatic carbocycles. The Morgan fingerprint density at radius 2 is 1.70 bits per heavy atom. The third-order valence-corrected chi connectivity index (χ3v) is 3.68. The summed E-state index contributed by atoms with van der Waals surface area (Å²) >= 11 is 13.0. The van der Waals surface area contributed by atoms with Gasteiger partial charge in [-0.3, -0.25) is 0 Å². The summed E-state index contributed by atoms with van der Waals surface area (Å²) in [5.74, 6) is 0. The molecule has 3 aromatic rings. The molecular weight excluding hydrogens is 317 g/mol. The van der Waals surface area contributed by atoms with Gasteiger partial charge in [0.2, 0.25) is 0 Å². The van der Waals surface area contributed by atoms with E-state index < -0.39 is 0 Å². The van der Waals surface area contributed by atoms with Gasteiger partial charge in [0.15, 0.2) is 0 Å². The molecule has 0 radical (unpaired) electrons. The van der Waals surface area contributed by atoms with Crippen LogP contribution in [-0.2, 0) is 0 Å². The number of rotatable bonds is 2. The fourth-order valence-electron chi connectivity index (χ4n) is 1.62. The zero-order valence-electron chi connectivity index (χ0n) is 9.92. The van der Waals surface area contributed by atoms with Crippen molar-refractivity contribution in [2.45, 2.75) is 0 Å². The smallest absolute Gasteiger partial charge is 0.134 e. The number of azo groups is 1. The molecule has 0 aliphatic rings. The molecule has 0 bridgehead atoms. The van der Waals surface area contributed by atoms with Gasteiger partial charge in [0.25, 0.3) is 0 Å². The summed E-state index contributed by atoms with van der Waals surface area (Å²) < 4.78 is 8.29. The number of nitrogen functional groups attached to an aromatic ring is 1. The fourth-order valence-corrected chi connectivity index (χ4v) is 2.52. The number of benzene rings is 2. The van der Waals surface area contributed by atoms with Crippen molar-refractivity contribution >= 4 is 63.0 Å². The van der Waals surface area contributed by atoms with Crippen molar-refractivity contribution in [2.75, 3.05) is 5.73 Å². The maximum absolute atomic E-state index is 6.03. The molecule has 0 amide bonds. The summed E-state index contributed by atoms with van der Waals surface area (Å²) in [5.41, 5.74) is 8.70. The van der Waals surface area contributed by atoms with Crippen molar-refractivity contribution in [3.63, 3.8) is 0 Å². The molecule has 1 heterocycles. The number of fused-ring (bicyclic) bond motifs is 1. The van der Waals surface area contributed by atoms with Crippen molar-refractivity contribution in [3.05, 3.63) is 40.4 Å². The molecule has 0 spiro atoms. The highest BCUT2D eigenvalue weighted by atomic mass is 35.5. The lowest BCUT2D eigenvalue weighted by atomic mass is 10.2. The zero-order chi connectivity index (χ0) is 14.1. The SMILES string of the molecule is Nc1ccc(N=Nc2cc(Cl)ccc2Cl)c2nsnc12. The van der Waals surface area contributed by atoms with E-state index in [9.17, 15) is 0 Å². The Labute approximate surface area is 128 Å². The third-order valence-electron chi connectivity index (χ3n) is 2.60. The Bertz CT molecular complexity index is 815. The van der Waals surface area contributed by atoms with E-state index in [2.05, 4.69) is 19.0 Å². The molecule has 20 heavy (non-hydrogen) atoms. The Hall–Kier alpha value is -1.76. The Kier molecular flexibility index (Phi) is 3.52. The predicted molar refractivity (Wildman–Crippen MR) is 82.5 cm³/mol. The first kappa shape index (κ1) is 13.2. The standard InChI is InChI=1S/C12H7Cl2N5S/c13-6-1-2-7(14)10(5-6)17-16-9-4-3-8(15)11-12(9)19-20-18-11/h1-5H,15H2. The van der Waals surface area contributed by atoms with Crippen LogP contribution in [0.1, 0.15) is 0 Å². The maximum atomic E-state index is 6.03. The fraction of sp³-hybridized carbons (Fsp3) is 0. The van der Waals surface area contributed by atoms with E-state index in [0.29, 0.717) is 38.1 Å². The summed E-state index contributed by atoms with van der Waals surface area (Å²) in [5, 5.41) is 9.27. The maximum Gasteiger partial charge on any atom is 0.134 e. The lowest BCUT2D eigenvalue weighted by molar-refractivity contribution is 1.24. The van der Waals surface area contributed by atoms with Crippen LogP contribution < -0.4 is 5.73 Å². The van der Waals surface area contributed by atoms with E-state index in [1.165, 1.54) is 0 Å². The van der Waals surface area contributed by atoms with E-state index >= 15 is 0 Å². The van der Waals surface area contributed by atoms with Crippen LogP contribution in [-0.4, -0.2) is 8.75 Å². The highest BCUT2D eigenvalue weighted by Gasteiger charge is 2.08. The molecule has 2 N–H and O–H groups in total. The van der Waals surface area contributed by atoms with Crippen molar-refractivity contribution in [3.8, 4) is 0 Å². The molecule has 0 atom stereocenters. The van der Waals surface area contributed by atoms with E-state index in [1.54, 1.807) is 30.3 Å². The van der Waals surface area contributed by atoms with Crippen molar-refractivity contribution in [2.24, 2.45) is 10.2 Å². The van der Waals surface area contributed by atoms with Crippen LogP contribution in [0, 0.1) is 0 Å². The first-order valence-electron chi connectivity index (χ1n) is 5.52. The molecule has 100 valence electrons. The molecular formula is C12H7Cl2N5S. The summed E-state index contributed by atoms with van der Waals surface area (Å²) in [4.78, 5) is 0. The molecule has 1 aromatic heterocycles. The van der Waals surface area contributed by atoms with Crippen LogP contribution >= 0.6 is 34.9 Å². The number of nitrogens with zero attached hydrogens (tertiary/aromatic N) is 4. The Morgan fingerprint density at radius 3 is 2.55 bits per heavy atom. The second kappa shape index (κ2) is 5.32. The van der Waals surface area contributed by atoms with Gasteiger partial charge in [-0.05, 0) is 30.3 Å². The van der Waals surface area contributed by atoms with Gasteiger partial charge in [-0.25, -0.2) is 0 Å². The van der Waals surface area contributed by atoms with Crippen molar-refractivity contribution in [1.29, 1.82) is 0 Å². The minimum atomic E-state index is 0.473. The predicted octanol–water partition coefficient (Wildman–Crippen LogP) is 5.00. The molecule has 3 rings (SSSR count). The molecule has 5 nitrogen and oxygen atoms in total. The number of halogens is 2. The average molecular weight is 324 g/mol. The van der Waals surface area contributed by atoms with Gasteiger partial charge in [0.1, 0.15) is 22.4 Å². The summed E-state index contributed by atoms with van der Waals surface area (Å²) in [7, 11) is 0. The first-order valence-corrected chi connectivity index (χ1v) is 7.01. The molecule has 0 fully saturated rings. The van der Waals surface area contributed by atoms with Gasteiger partial charge < -0.3 is 5.73 Å². The molecule has 0 aliphatic carbocycles. The number of anilines is 1. The zero-order valence-corrected chi connectivity index (χ0v) is 12.2. The lowest BCUT2D eigenvalue weighted by Crippen LogP contribution is -1.85. The van der Waals surface area contributed by atoms with Gasteiger partial charge in [-0.2, -0.15) is 8.75 Å². The summed E-state index contributed by atoms with van der Waals surface area (Å²) in [6.07, 6.45) is 0. The minimum absolute atomic E-state index is 0.473. The van der Waals surface area contributed by atoms with Gasteiger partial charge >= 0.3 is 0 Å². The monoisotopic (exact) mass is 323 g/mol. The van der Waals surface area contributed by atoms with Gasteiger partial charge in [0, 0.05) is 5.02 Å². The van der Waals surface area contributed by atoms with E-state index in [1.807, 2.05) is 0 Å². The molecule has 0 aliphatic heterocycles.